The summed E-state index contributed by atoms with van der Waals surface area (Å²) in [5.41, 5.74) is 3.47. The minimum Gasteiger partial charge on any atom is -0.253 e. The molecule has 86 valence electrons. The molecule has 0 aliphatic carbocycles. The minimum atomic E-state index is 0.562. The van der Waals surface area contributed by atoms with Crippen LogP contribution in [0, 0.1) is 25.2 Å². The van der Waals surface area contributed by atoms with Crippen LogP contribution < -0.4 is 10.6 Å². The van der Waals surface area contributed by atoms with Gasteiger partial charge in [0.1, 0.15) is 0 Å². The summed E-state index contributed by atoms with van der Waals surface area (Å²) >= 11 is 0. The Bertz CT molecular complexity index is 628. The van der Waals surface area contributed by atoms with Gasteiger partial charge in [-0.15, -0.1) is 0 Å². The van der Waals surface area contributed by atoms with Crippen LogP contribution in [-0.2, 0) is 0 Å². The van der Waals surface area contributed by atoms with Gasteiger partial charge in [0.05, 0.1) is 17.0 Å². The summed E-state index contributed by atoms with van der Waals surface area (Å²) in [6.45, 7) is 13.4. The molecule has 0 N–H and O–H groups in total. The molecular weight excluding hydrogens is 208 g/mol. The SMILES string of the molecule is C=C(C)/C=C(C#N)\C=c1\cc(C)c(C)nc1=C. The second-order valence-corrected chi connectivity index (χ2v) is 4.13. The number of nitrogens with zero attached hydrogens (tertiary/aromatic N) is 2. The van der Waals surface area contributed by atoms with Crippen LogP contribution in [0.15, 0.2) is 29.9 Å². The van der Waals surface area contributed by atoms with E-state index < -0.39 is 0 Å². The predicted octanol–water partition coefficient (Wildman–Crippen LogP) is 1.92. The molecule has 2 nitrogen and oxygen atoms in total. The van der Waals surface area contributed by atoms with E-state index in [9.17, 15) is 0 Å². The summed E-state index contributed by atoms with van der Waals surface area (Å²) in [6, 6.07) is 4.13. The largest absolute Gasteiger partial charge is 0.253 e. The van der Waals surface area contributed by atoms with Crippen molar-refractivity contribution in [2.24, 2.45) is 0 Å². The first-order chi connectivity index (χ1) is 7.93. The molecule has 0 atom stereocenters. The van der Waals surface area contributed by atoms with Crippen LogP contribution >= 0.6 is 0 Å². The quantitative estimate of drug-likeness (QED) is 0.568. The Hall–Kier alpha value is -2.14. The number of aromatic nitrogens is 1. The average molecular weight is 224 g/mol. The Kier molecular flexibility index (Phi) is 4.01. The summed E-state index contributed by atoms with van der Waals surface area (Å²) in [5, 5.41) is 10.6. The fraction of sp³-hybridized carbons (Fsp3) is 0.200. The van der Waals surface area contributed by atoms with Gasteiger partial charge in [0.25, 0.3) is 0 Å². The van der Waals surface area contributed by atoms with Crippen molar-refractivity contribution in [3.05, 3.63) is 51.7 Å². The van der Waals surface area contributed by atoms with E-state index in [4.69, 9.17) is 5.26 Å². The highest BCUT2D eigenvalue weighted by Gasteiger charge is 1.96. The maximum atomic E-state index is 9.02. The highest BCUT2D eigenvalue weighted by atomic mass is 14.7. The summed E-state index contributed by atoms with van der Waals surface area (Å²) in [6.07, 6.45) is 3.53. The number of pyridine rings is 1. The highest BCUT2D eigenvalue weighted by Crippen LogP contribution is 2.00. The Morgan fingerprint density at radius 2 is 2.12 bits per heavy atom. The molecule has 0 aromatic carbocycles. The fourth-order valence-corrected chi connectivity index (χ4v) is 1.44. The number of rotatable bonds is 2. The van der Waals surface area contributed by atoms with Crippen molar-refractivity contribution in [2.75, 3.05) is 0 Å². The van der Waals surface area contributed by atoms with Gasteiger partial charge in [-0.1, -0.05) is 18.7 Å². The van der Waals surface area contributed by atoms with Gasteiger partial charge in [0.2, 0.25) is 0 Å². The summed E-state index contributed by atoms with van der Waals surface area (Å²) in [5.74, 6) is 0. The molecule has 1 aromatic heterocycles. The molecule has 0 saturated carbocycles. The van der Waals surface area contributed by atoms with E-state index in [0.29, 0.717) is 10.9 Å². The lowest BCUT2D eigenvalue weighted by Gasteiger charge is -1.98. The van der Waals surface area contributed by atoms with Crippen LogP contribution in [0.3, 0.4) is 0 Å². The van der Waals surface area contributed by atoms with Crippen LogP contribution in [0.5, 0.6) is 0 Å². The molecule has 2 heteroatoms. The molecule has 0 amide bonds. The molecule has 0 aliphatic heterocycles. The Morgan fingerprint density at radius 1 is 1.47 bits per heavy atom. The molecule has 0 unspecified atom stereocenters. The van der Waals surface area contributed by atoms with E-state index in [1.54, 1.807) is 12.2 Å². The summed E-state index contributed by atoms with van der Waals surface area (Å²) in [4.78, 5) is 4.34. The van der Waals surface area contributed by atoms with E-state index in [0.717, 1.165) is 22.0 Å². The van der Waals surface area contributed by atoms with E-state index in [1.807, 2.05) is 26.8 Å². The van der Waals surface area contributed by atoms with Crippen LogP contribution in [0.2, 0.25) is 0 Å². The number of allylic oxidation sites excluding steroid dienone is 3. The highest BCUT2D eigenvalue weighted by molar-refractivity contribution is 5.57. The van der Waals surface area contributed by atoms with Crippen molar-refractivity contribution >= 4 is 12.7 Å². The third kappa shape index (κ3) is 3.42. The zero-order valence-electron chi connectivity index (χ0n) is 10.5. The van der Waals surface area contributed by atoms with Gasteiger partial charge in [0.15, 0.2) is 0 Å². The summed E-state index contributed by atoms with van der Waals surface area (Å²) in [7, 11) is 0. The normalized spacial score (nSPS) is 12.4. The third-order valence-corrected chi connectivity index (χ3v) is 2.42. The standard InChI is InChI=1S/C15H16N2/c1-10(2)6-14(9-16)8-15-7-11(3)12(4)17-13(15)5/h6-8H,1,5H2,2-4H3/b14-6+,15-8-. The van der Waals surface area contributed by atoms with E-state index in [2.05, 4.69) is 24.2 Å². The van der Waals surface area contributed by atoms with Crippen LogP contribution in [0.1, 0.15) is 18.2 Å². The van der Waals surface area contributed by atoms with Gasteiger partial charge in [-0.05, 0) is 44.6 Å². The second-order valence-electron chi connectivity index (χ2n) is 4.13. The second kappa shape index (κ2) is 5.27. The molecule has 17 heavy (non-hydrogen) atoms. The zero-order chi connectivity index (χ0) is 13.0. The number of aryl methyl sites for hydroxylation is 2. The van der Waals surface area contributed by atoms with Gasteiger partial charge < -0.3 is 0 Å². The van der Waals surface area contributed by atoms with Crippen molar-refractivity contribution in [3.63, 3.8) is 0 Å². The Labute approximate surface area is 102 Å². The number of hydrogen-bond acceptors (Lipinski definition) is 2. The van der Waals surface area contributed by atoms with Crippen molar-refractivity contribution in [2.45, 2.75) is 20.8 Å². The molecule has 0 radical (unpaired) electrons. The Balaban J connectivity index is 3.44. The maximum absolute atomic E-state index is 9.02. The molecule has 0 aliphatic rings. The molecular formula is C15H16N2. The third-order valence-electron chi connectivity index (χ3n) is 2.42. The predicted molar refractivity (Wildman–Crippen MR) is 71.5 cm³/mol. The maximum Gasteiger partial charge on any atom is 0.0991 e. The Morgan fingerprint density at radius 3 is 2.65 bits per heavy atom. The molecule has 0 spiro atoms. The molecule has 1 aromatic rings. The first-order valence-electron chi connectivity index (χ1n) is 5.36. The van der Waals surface area contributed by atoms with Crippen molar-refractivity contribution in [1.82, 2.24) is 4.98 Å². The van der Waals surface area contributed by atoms with E-state index >= 15 is 0 Å². The molecule has 1 heterocycles. The lowest BCUT2D eigenvalue weighted by Crippen LogP contribution is -2.28. The first-order valence-corrected chi connectivity index (χ1v) is 5.36. The van der Waals surface area contributed by atoms with Gasteiger partial charge >= 0.3 is 0 Å². The van der Waals surface area contributed by atoms with Crippen molar-refractivity contribution < 1.29 is 0 Å². The molecule has 0 saturated heterocycles. The molecule has 1 rings (SSSR count). The lowest BCUT2D eigenvalue weighted by molar-refractivity contribution is 1.10. The topological polar surface area (TPSA) is 36.7 Å². The number of hydrogen-bond donors (Lipinski definition) is 0. The molecule has 0 fully saturated rings. The lowest BCUT2D eigenvalue weighted by atomic mass is 10.1. The number of nitriles is 1. The monoisotopic (exact) mass is 224 g/mol. The fourth-order valence-electron chi connectivity index (χ4n) is 1.44. The van der Waals surface area contributed by atoms with Crippen molar-refractivity contribution in [1.29, 1.82) is 5.26 Å². The van der Waals surface area contributed by atoms with Gasteiger partial charge in [-0.2, -0.15) is 5.26 Å². The average Bonchev–Trinajstić information content (AvgIpc) is 2.24. The van der Waals surface area contributed by atoms with Crippen LogP contribution in [0.25, 0.3) is 12.7 Å². The van der Waals surface area contributed by atoms with Gasteiger partial charge in [0, 0.05) is 10.9 Å². The molecule has 0 bridgehead atoms. The zero-order valence-corrected chi connectivity index (χ0v) is 10.5. The van der Waals surface area contributed by atoms with Gasteiger partial charge in [-0.3, -0.25) is 4.98 Å². The van der Waals surface area contributed by atoms with Gasteiger partial charge in [-0.25, -0.2) is 0 Å². The first kappa shape index (κ1) is 12.9. The minimum absolute atomic E-state index is 0.562. The smallest absolute Gasteiger partial charge is 0.0991 e. The van der Waals surface area contributed by atoms with Crippen LogP contribution in [0.4, 0.5) is 0 Å². The van der Waals surface area contributed by atoms with Crippen molar-refractivity contribution in [3.8, 4) is 6.07 Å². The summed E-state index contributed by atoms with van der Waals surface area (Å²) < 4.78 is 0. The van der Waals surface area contributed by atoms with Crippen LogP contribution in [-0.4, -0.2) is 4.98 Å². The van der Waals surface area contributed by atoms with E-state index in [1.165, 1.54) is 0 Å². The van der Waals surface area contributed by atoms with E-state index in [-0.39, 0.29) is 0 Å².